The first-order valence-electron chi connectivity index (χ1n) is 33.0. The Kier molecular flexibility index (Phi) is 54.3. The number of ether oxygens (including phenoxy) is 4. The van der Waals surface area contributed by atoms with Crippen LogP contribution in [0.2, 0.25) is 0 Å². The number of phosphoric ester groups is 2. The molecule has 82 heavy (non-hydrogen) atoms. The molecule has 0 heterocycles. The molecule has 17 nitrogen and oxygen atoms in total. The summed E-state index contributed by atoms with van der Waals surface area (Å²) in [5, 5.41) is 10.5. The topological polar surface area (TPSA) is 237 Å². The summed E-state index contributed by atoms with van der Waals surface area (Å²) in [4.78, 5) is 71.9. The monoisotopic (exact) mass is 1210 g/mol. The third-order valence-corrected chi connectivity index (χ3v) is 16.4. The van der Waals surface area contributed by atoms with Crippen LogP contribution in [-0.4, -0.2) is 96.7 Å². The average molecular weight is 1210 g/mol. The summed E-state index contributed by atoms with van der Waals surface area (Å²) in [7, 11) is -9.88. The van der Waals surface area contributed by atoms with E-state index < -0.39 is 97.5 Å². The van der Waals surface area contributed by atoms with E-state index >= 15 is 0 Å². The van der Waals surface area contributed by atoms with Crippen LogP contribution in [-0.2, 0) is 65.4 Å². The number of carbonyl (C=O) groups is 4. The van der Waals surface area contributed by atoms with Crippen molar-refractivity contribution in [2.75, 3.05) is 39.6 Å². The Morgan fingerprint density at radius 1 is 0.329 bits per heavy atom. The van der Waals surface area contributed by atoms with Gasteiger partial charge in [-0.2, -0.15) is 0 Å². The fourth-order valence-corrected chi connectivity index (χ4v) is 10.9. The second kappa shape index (κ2) is 55.6. The minimum Gasteiger partial charge on any atom is -0.462 e. The van der Waals surface area contributed by atoms with Gasteiger partial charge in [0.1, 0.15) is 19.3 Å². The molecule has 3 N–H and O–H groups in total. The Labute approximate surface area is 498 Å². The zero-order valence-corrected chi connectivity index (χ0v) is 54.6. The standard InChI is InChI=1S/C63H122O17P2/c1-7-9-11-13-14-15-16-17-18-19-20-21-22-29-35-41-47-62(67)80-59(52-74-61(66)46-40-34-28-24-23-26-32-37-43-55(3)4)54-78-82(71,72)76-50-57(64)49-75-81(69,70)77-53-58(51-73-60(65)45-39-31-12-10-8-2)79-63(68)48-42-36-30-25-27-33-38-44-56(5)6/h55-59,64H,7-54H2,1-6H3,(H,69,70)(H,71,72)/t57-,58+,59+/m0/s1. The lowest BCUT2D eigenvalue weighted by molar-refractivity contribution is -0.161. The molecule has 19 heteroatoms. The van der Waals surface area contributed by atoms with E-state index in [2.05, 4.69) is 41.5 Å². The van der Waals surface area contributed by atoms with Gasteiger partial charge in [0.15, 0.2) is 12.2 Å². The second-order valence-corrected chi connectivity index (χ2v) is 26.7. The van der Waals surface area contributed by atoms with Crippen LogP contribution in [0, 0.1) is 11.8 Å². The van der Waals surface area contributed by atoms with Crippen molar-refractivity contribution in [3.05, 3.63) is 0 Å². The summed E-state index contributed by atoms with van der Waals surface area (Å²) in [6.07, 6.45) is 38.1. The number of hydrogen-bond acceptors (Lipinski definition) is 15. The van der Waals surface area contributed by atoms with Crippen molar-refractivity contribution in [2.24, 2.45) is 11.8 Å². The third-order valence-electron chi connectivity index (χ3n) is 14.5. The second-order valence-electron chi connectivity index (χ2n) is 23.7. The summed E-state index contributed by atoms with van der Waals surface area (Å²) in [6, 6.07) is 0. The van der Waals surface area contributed by atoms with Gasteiger partial charge in [0.2, 0.25) is 0 Å². The van der Waals surface area contributed by atoms with Gasteiger partial charge in [-0.25, -0.2) is 9.13 Å². The maximum Gasteiger partial charge on any atom is 0.472 e. The Hall–Kier alpha value is -1.94. The molecule has 0 aromatic rings. The largest absolute Gasteiger partial charge is 0.472 e. The fourth-order valence-electron chi connectivity index (χ4n) is 9.35. The van der Waals surface area contributed by atoms with Gasteiger partial charge in [0, 0.05) is 25.7 Å². The summed E-state index contributed by atoms with van der Waals surface area (Å²) in [5.74, 6) is -0.725. The summed E-state index contributed by atoms with van der Waals surface area (Å²) in [5.41, 5.74) is 0. The van der Waals surface area contributed by atoms with E-state index in [1.165, 1.54) is 122 Å². The van der Waals surface area contributed by atoms with Crippen molar-refractivity contribution in [1.29, 1.82) is 0 Å². The number of aliphatic hydroxyl groups excluding tert-OH is 1. The van der Waals surface area contributed by atoms with Crippen LogP contribution >= 0.6 is 15.6 Å². The molecule has 0 saturated carbocycles. The highest BCUT2D eigenvalue weighted by molar-refractivity contribution is 7.47. The molecule has 0 saturated heterocycles. The molecule has 0 aliphatic rings. The molecule has 0 fully saturated rings. The smallest absolute Gasteiger partial charge is 0.462 e. The highest BCUT2D eigenvalue weighted by Gasteiger charge is 2.30. The minimum absolute atomic E-state index is 0.102. The first kappa shape index (κ1) is 80.1. The molecule has 0 amide bonds. The molecule has 0 rings (SSSR count). The van der Waals surface area contributed by atoms with Crippen LogP contribution in [0.1, 0.15) is 311 Å². The van der Waals surface area contributed by atoms with Crippen LogP contribution in [0.5, 0.6) is 0 Å². The predicted molar refractivity (Wildman–Crippen MR) is 326 cm³/mol. The first-order valence-corrected chi connectivity index (χ1v) is 36.0. The van der Waals surface area contributed by atoms with Crippen molar-refractivity contribution in [2.45, 2.75) is 330 Å². The Bertz CT molecular complexity index is 1620. The van der Waals surface area contributed by atoms with E-state index in [1.54, 1.807) is 0 Å². The highest BCUT2D eigenvalue weighted by Crippen LogP contribution is 2.45. The molecular formula is C63H122O17P2. The van der Waals surface area contributed by atoms with E-state index in [9.17, 15) is 43.2 Å². The molecule has 486 valence electrons. The van der Waals surface area contributed by atoms with Gasteiger partial charge in [-0.1, -0.05) is 260 Å². The third kappa shape index (κ3) is 57.2. The number of esters is 4. The number of aliphatic hydroxyl groups is 1. The summed E-state index contributed by atoms with van der Waals surface area (Å²) >= 11 is 0. The van der Waals surface area contributed by atoms with Gasteiger partial charge < -0.3 is 33.8 Å². The highest BCUT2D eigenvalue weighted by atomic mass is 31.2. The molecular weight excluding hydrogens is 1090 g/mol. The van der Waals surface area contributed by atoms with Gasteiger partial charge >= 0.3 is 39.5 Å². The molecule has 0 aliphatic carbocycles. The van der Waals surface area contributed by atoms with Gasteiger partial charge in [0.25, 0.3) is 0 Å². The predicted octanol–water partition coefficient (Wildman–Crippen LogP) is 17.3. The molecule has 0 spiro atoms. The fraction of sp³-hybridized carbons (Fsp3) is 0.937. The Morgan fingerprint density at radius 3 is 0.829 bits per heavy atom. The van der Waals surface area contributed by atoms with E-state index in [-0.39, 0.29) is 25.7 Å². The van der Waals surface area contributed by atoms with Crippen molar-refractivity contribution in [1.82, 2.24) is 0 Å². The SMILES string of the molecule is CCCCCCCCCCCCCCCCCCC(=O)O[C@H](COC(=O)CCCCCCCCCCC(C)C)COP(=O)(O)OC[C@@H](O)COP(=O)(O)OC[C@@H](COC(=O)CCCCCCC)OC(=O)CCCCCCCCCC(C)C. The van der Waals surface area contributed by atoms with Crippen molar-refractivity contribution in [3.8, 4) is 0 Å². The van der Waals surface area contributed by atoms with Crippen LogP contribution < -0.4 is 0 Å². The van der Waals surface area contributed by atoms with E-state index in [4.69, 9.17) is 37.0 Å². The summed E-state index contributed by atoms with van der Waals surface area (Å²) < 4.78 is 67.7. The van der Waals surface area contributed by atoms with Crippen LogP contribution in [0.25, 0.3) is 0 Å². The lowest BCUT2D eigenvalue weighted by Crippen LogP contribution is -2.30. The quantitative estimate of drug-likeness (QED) is 0.0222. The molecule has 2 unspecified atom stereocenters. The number of phosphoric acid groups is 2. The van der Waals surface area contributed by atoms with Crippen molar-refractivity contribution in [3.63, 3.8) is 0 Å². The van der Waals surface area contributed by atoms with E-state index in [0.717, 1.165) is 102 Å². The van der Waals surface area contributed by atoms with Crippen LogP contribution in [0.4, 0.5) is 0 Å². The average Bonchev–Trinajstić information content (AvgIpc) is 3.45. The minimum atomic E-state index is -4.94. The van der Waals surface area contributed by atoms with E-state index in [1.807, 2.05) is 0 Å². The zero-order chi connectivity index (χ0) is 60.8. The van der Waals surface area contributed by atoms with E-state index in [0.29, 0.717) is 31.6 Å². The maximum atomic E-state index is 13.0. The zero-order valence-electron chi connectivity index (χ0n) is 52.8. The summed E-state index contributed by atoms with van der Waals surface area (Å²) in [6.45, 7) is 9.30. The Morgan fingerprint density at radius 2 is 0.561 bits per heavy atom. The molecule has 0 bridgehead atoms. The molecule has 0 aromatic carbocycles. The van der Waals surface area contributed by atoms with Crippen molar-refractivity contribution < 1.29 is 80.2 Å². The van der Waals surface area contributed by atoms with Gasteiger partial charge in [0.05, 0.1) is 26.4 Å². The maximum absolute atomic E-state index is 13.0. The lowest BCUT2D eigenvalue weighted by atomic mass is 10.0. The molecule has 0 aliphatic heterocycles. The molecule has 5 atom stereocenters. The number of rotatable bonds is 62. The van der Waals surface area contributed by atoms with Gasteiger partial charge in [-0.15, -0.1) is 0 Å². The van der Waals surface area contributed by atoms with Gasteiger partial charge in [-0.3, -0.25) is 37.3 Å². The number of carbonyl (C=O) groups excluding carboxylic acids is 4. The number of hydrogen-bond donors (Lipinski definition) is 3. The first-order chi connectivity index (χ1) is 39.4. The van der Waals surface area contributed by atoms with Gasteiger partial charge in [-0.05, 0) is 37.5 Å². The van der Waals surface area contributed by atoms with Crippen LogP contribution in [0.15, 0.2) is 0 Å². The Balaban J connectivity index is 5.16. The van der Waals surface area contributed by atoms with Crippen molar-refractivity contribution >= 4 is 39.5 Å². The molecule has 0 radical (unpaired) electrons. The van der Waals surface area contributed by atoms with Crippen LogP contribution in [0.3, 0.4) is 0 Å². The normalized spacial score (nSPS) is 14.3. The molecule has 0 aromatic heterocycles. The lowest BCUT2D eigenvalue weighted by Gasteiger charge is -2.21. The number of unbranched alkanes of at least 4 members (excludes halogenated alkanes) is 32.